The van der Waals surface area contributed by atoms with Crippen molar-refractivity contribution in [1.82, 2.24) is 10.2 Å². The number of likely N-dealkylation sites (tertiary alicyclic amines) is 1. The van der Waals surface area contributed by atoms with E-state index in [1.165, 1.54) is 58.0 Å². The van der Waals surface area contributed by atoms with Crippen molar-refractivity contribution >= 4 is 0 Å². The lowest BCUT2D eigenvalue weighted by Crippen LogP contribution is -2.58. The minimum atomic E-state index is 0.136. The normalized spacial score (nSPS) is 34.7. The third-order valence-corrected chi connectivity index (χ3v) is 4.67. The second-order valence-corrected chi connectivity index (χ2v) is 6.07. The van der Waals surface area contributed by atoms with Gasteiger partial charge in [0, 0.05) is 19.1 Å². The van der Waals surface area contributed by atoms with Gasteiger partial charge in [0.1, 0.15) is 0 Å². The van der Waals surface area contributed by atoms with Gasteiger partial charge >= 0.3 is 0 Å². The predicted molar refractivity (Wildman–Crippen MR) is 76.0 cm³/mol. The Morgan fingerprint density at radius 1 is 1.28 bits per heavy atom. The van der Waals surface area contributed by atoms with Gasteiger partial charge in [-0.15, -0.1) is 0 Å². The highest BCUT2D eigenvalue weighted by Crippen LogP contribution is 2.33. The molecule has 2 rings (SSSR count). The maximum absolute atomic E-state index is 6.29. The van der Waals surface area contributed by atoms with Crippen molar-refractivity contribution in [2.45, 2.75) is 63.5 Å². The summed E-state index contributed by atoms with van der Waals surface area (Å²) >= 11 is 0. The number of nitrogens with zero attached hydrogens (tertiary/aromatic N) is 1. The van der Waals surface area contributed by atoms with Crippen LogP contribution in [0.5, 0.6) is 0 Å². The Morgan fingerprint density at radius 3 is 3.00 bits per heavy atom. The van der Waals surface area contributed by atoms with Crippen LogP contribution in [0.4, 0.5) is 0 Å². The Morgan fingerprint density at radius 2 is 2.17 bits per heavy atom. The second kappa shape index (κ2) is 6.88. The second-order valence-electron chi connectivity index (χ2n) is 6.07. The summed E-state index contributed by atoms with van der Waals surface area (Å²) in [4.78, 5) is 2.45. The molecule has 3 nitrogen and oxygen atoms in total. The molecule has 0 saturated carbocycles. The molecular weight excluding hydrogens is 224 g/mol. The lowest BCUT2D eigenvalue weighted by Gasteiger charge is -2.44. The molecule has 2 saturated heterocycles. The number of rotatable bonds is 4. The van der Waals surface area contributed by atoms with Crippen LogP contribution in [0, 0.1) is 0 Å². The van der Waals surface area contributed by atoms with Crippen molar-refractivity contribution in [2.24, 2.45) is 0 Å². The third-order valence-electron chi connectivity index (χ3n) is 4.67. The molecule has 0 bridgehead atoms. The first-order valence-electron chi connectivity index (χ1n) is 7.83. The molecule has 2 fully saturated rings. The summed E-state index contributed by atoms with van der Waals surface area (Å²) in [6, 6.07) is 0.587. The number of nitrogens with one attached hydrogen (secondary N) is 1. The van der Waals surface area contributed by atoms with Crippen molar-refractivity contribution < 1.29 is 4.74 Å². The van der Waals surface area contributed by atoms with E-state index in [1.54, 1.807) is 0 Å². The van der Waals surface area contributed by atoms with Gasteiger partial charge in [-0.05, 0) is 39.3 Å². The van der Waals surface area contributed by atoms with Gasteiger partial charge < -0.3 is 15.0 Å². The molecule has 2 atom stereocenters. The van der Waals surface area contributed by atoms with Gasteiger partial charge in [-0.3, -0.25) is 0 Å². The van der Waals surface area contributed by atoms with Crippen LogP contribution in [0.15, 0.2) is 0 Å². The molecule has 0 aromatic rings. The lowest BCUT2D eigenvalue weighted by atomic mass is 9.82. The standard InChI is InChI=1S/C15H30N2O/c1-3-4-5-7-14-15(18-13-10-16-14)8-6-11-17(2)12-9-15/h14,16H,3-13H2,1-2H3. The van der Waals surface area contributed by atoms with E-state index >= 15 is 0 Å². The van der Waals surface area contributed by atoms with Crippen LogP contribution in [0.1, 0.15) is 51.9 Å². The summed E-state index contributed by atoms with van der Waals surface area (Å²) in [5.74, 6) is 0. The van der Waals surface area contributed by atoms with Crippen LogP contribution in [0.2, 0.25) is 0 Å². The minimum absolute atomic E-state index is 0.136. The van der Waals surface area contributed by atoms with E-state index in [4.69, 9.17) is 4.74 Å². The molecule has 0 aromatic heterocycles. The largest absolute Gasteiger partial charge is 0.372 e. The Balaban J connectivity index is 1.96. The monoisotopic (exact) mass is 254 g/mol. The third kappa shape index (κ3) is 3.46. The molecule has 2 aliphatic rings. The van der Waals surface area contributed by atoms with Gasteiger partial charge in [0.25, 0.3) is 0 Å². The Labute approximate surface area is 112 Å². The van der Waals surface area contributed by atoms with Crippen LogP contribution in [0.3, 0.4) is 0 Å². The molecule has 1 N–H and O–H groups in total. The maximum Gasteiger partial charge on any atom is 0.0848 e. The number of ether oxygens (including phenoxy) is 1. The molecule has 2 heterocycles. The molecule has 106 valence electrons. The van der Waals surface area contributed by atoms with E-state index < -0.39 is 0 Å². The fourth-order valence-electron chi connectivity index (χ4n) is 3.50. The Hall–Kier alpha value is -0.120. The number of hydrogen-bond acceptors (Lipinski definition) is 3. The number of morpholine rings is 1. The highest BCUT2D eigenvalue weighted by Gasteiger charge is 2.42. The van der Waals surface area contributed by atoms with Crippen molar-refractivity contribution in [2.75, 3.05) is 33.3 Å². The van der Waals surface area contributed by atoms with E-state index in [0.29, 0.717) is 6.04 Å². The van der Waals surface area contributed by atoms with Gasteiger partial charge in [-0.2, -0.15) is 0 Å². The van der Waals surface area contributed by atoms with Crippen LogP contribution in [-0.2, 0) is 4.74 Å². The SMILES string of the molecule is CCCCCC1NCCOC12CCCN(C)CC2. The van der Waals surface area contributed by atoms with Crippen molar-refractivity contribution in [3.8, 4) is 0 Å². The van der Waals surface area contributed by atoms with E-state index in [1.807, 2.05) is 0 Å². The zero-order valence-electron chi connectivity index (χ0n) is 12.2. The first kappa shape index (κ1) is 14.3. The van der Waals surface area contributed by atoms with E-state index in [2.05, 4.69) is 24.2 Å². The van der Waals surface area contributed by atoms with Crippen molar-refractivity contribution in [3.05, 3.63) is 0 Å². The number of hydrogen-bond donors (Lipinski definition) is 1. The quantitative estimate of drug-likeness (QED) is 0.780. The van der Waals surface area contributed by atoms with Gasteiger partial charge in [0.2, 0.25) is 0 Å². The molecule has 1 spiro atoms. The van der Waals surface area contributed by atoms with Crippen LogP contribution < -0.4 is 5.32 Å². The molecule has 2 unspecified atom stereocenters. The first-order chi connectivity index (χ1) is 8.77. The lowest BCUT2D eigenvalue weighted by molar-refractivity contribution is -0.107. The molecule has 0 aliphatic carbocycles. The van der Waals surface area contributed by atoms with Gasteiger partial charge in [-0.25, -0.2) is 0 Å². The molecular formula is C15H30N2O. The average Bonchev–Trinajstić information content (AvgIpc) is 2.56. The average molecular weight is 254 g/mol. The summed E-state index contributed by atoms with van der Waals surface area (Å²) in [6.45, 7) is 6.63. The van der Waals surface area contributed by atoms with E-state index in [9.17, 15) is 0 Å². The topological polar surface area (TPSA) is 24.5 Å². The highest BCUT2D eigenvalue weighted by molar-refractivity contribution is 4.97. The fourth-order valence-corrected chi connectivity index (χ4v) is 3.50. The summed E-state index contributed by atoms with van der Waals surface area (Å²) in [5.41, 5.74) is 0.136. The fraction of sp³-hybridized carbons (Fsp3) is 1.00. The molecule has 0 radical (unpaired) electrons. The van der Waals surface area contributed by atoms with Crippen molar-refractivity contribution in [1.29, 1.82) is 0 Å². The van der Waals surface area contributed by atoms with Crippen LogP contribution in [-0.4, -0.2) is 49.8 Å². The van der Waals surface area contributed by atoms with Crippen LogP contribution in [0.25, 0.3) is 0 Å². The Kier molecular flexibility index (Phi) is 5.46. The summed E-state index contributed by atoms with van der Waals surface area (Å²) in [6.07, 6.45) is 9.01. The van der Waals surface area contributed by atoms with Gasteiger partial charge in [-0.1, -0.05) is 26.2 Å². The molecule has 18 heavy (non-hydrogen) atoms. The van der Waals surface area contributed by atoms with Gasteiger partial charge in [0.15, 0.2) is 0 Å². The van der Waals surface area contributed by atoms with E-state index in [-0.39, 0.29) is 5.60 Å². The minimum Gasteiger partial charge on any atom is -0.372 e. The molecule has 0 aromatic carbocycles. The summed E-state index contributed by atoms with van der Waals surface area (Å²) < 4.78 is 6.29. The van der Waals surface area contributed by atoms with Crippen molar-refractivity contribution in [3.63, 3.8) is 0 Å². The molecule has 2 aliphatic heterocycles. The highest BCUT2D eigenvalue weighted by atomic mass is 16.5. The van der Waals surface area contributed by atoms with Crippen LogP contribution >= 0.6 is 0 Å². The zero-order chi connectivity index (χ0) is 12.8. The molecule has 3 heteroatoms. The maximum atomic E-state index is 6.29. The molecule has 0 amide bonds. The summed E-state index contributed by atoms with van der Waals surface area (Å²) in [7, 11) is 2.24. The summed E-state index contributed by atoms with van der Waals surface area (Å²) in [5, 5.41) is 3.74. The number of unbranched alkanes of at least 4 members (excludes halogenated alkanes) is 2. The zero-order valence-corrected chi connectivity index (χ0v) is 12.2. The predicted octanol–water partition coefficient (Wildman–Crippen LogP) is 2.41. The Bertz CT molecular complexity index is 247. The van der Waals surface area contributed by atoms with Gasteiger partial charge in [0.05, 0.1) is 12.2 Å². The first-order valence-corrected chi connectivity index (χ1v) is 7.83. The smallest absolute Gasteiger partial charge is 0.0848 e. The van der Waals surface area contributed by atoms with E-state index in [0.717, 1.165) is 13.2 Å².